The average Bonchev–Trinajstić information content (AvgIpc) is 2.79. The molecule has 0 radical (unpaired) electrons. The first kappa shape index (κ1) is 10.6. The van der Waals surface area contributed by atoms with Crippen LogP contribution in [0.5, 0.6) is 0 Å². The number of hydrogen-bond acceptors (Lipinski definition) is 3. The molecule has 1 aliphatic heterocycles. The molecule has 1 atom stereocenters. The van der Waals surface area contributed by atoms with Crippen LogP contribution in [-0.2, 0) is 13.6 Å². The largest absolute Gasteiger partial charge is 0.396 e. The normalized spacial score (nSPS) is 22.4. The predicted octanol–water partition coefficient (Wildman–Crippen LogP) is 0.624. The van der Waals surface area contributed by atoms with Gasteiger partial charge in [-0.1, -0.05) is 0 Å². The lowest BCUT2D eigenvalue weighted by Crippen LogP contribution is -2.21. The lowest BCUT2D eigenvalue weighted by atomic mass is 10.1. The van der Waals surface area contributed by atoms with Gasteiger partial charge in [0.2, 0.25) is 0 Å². The summed E-state index contributed by atoms with van der Waals surface area (Å²) in [5, 5.41) is 8.88. The monoisotopic (exact) mass is 209 g/mol. The van der Waals surface area contributed by atoms with Gasteiger partial charge in [-0.2, -0.15) is 0 Å². The molecule has 0 amide bonds. The van der Waals surface area contributed by atoms with Crippen molar-refractivity contribution in [2.45, 2.75) is 19.4 Å². The summed E-state index contributed by atoms with van der Waals surface area (Å²) in [4.78, 5) is 6.56. The molecule has 84 valence electrons. The molecule has 1 aliphatic rings. The van der Waals surface area contributed by atoms with Gasteiger partial charge in [-0.25, -0.2) is 4.98 Å². The molecular weight excluding hydrogens is 190 g/mol. The number of aliphatic hydroxyl groups is 1. The van der Waals surface area contributed by atoms with Gasteiger partial charge in [0.05, 0.1) is 12.0 Å². The van der Waals surface area contributed by atoms with Gasteiger partial charge in [-0.05, 0) is 25.3 Å². The quantitative estimate of drug-likeness (QED) is 0.790. The molecule has 2 rings (SSSR count). The molecule has 0 spiro atoms. The van der Waals surface area contributed by atoms with E-state index in [-0.39, 0.29) is 0 Å². The number of imidazole rings is 1. The van der Waals surface area contributed by atoms with Crippen LogP contribution >= 0.6 is 0 Å². The summed E-state index contributed by atoms with van der Waals surface area (Å²) in [7, 11) is 2.03. The zero-order valence-electron chi connectivity index (χ0n) is 9.26. The summed E-state index contributed by atoms with van der Waals surface area (Å²) < 4.78 is 2.07. The molecule has 1 saturated heterocycles. The molecule has 0 bridgehead atoms. The minimum absolute atomic E-state index is 0.324. The standard InChI is InChI=1S/C11H19N3O/c1-13-9-12-6-11(13)8-14-4-2-10(7-14)3-5-15/h6,9-10,15H,2-5,7-8H2,1H3. The van der Waals surface area contributed by atoms with E-state index >= 15 is 0 Å². The third-order valence-corrected chi connectivity index (χ3v) is 3.21. The Bertz CT molecular complexity index is 311. The zero-order chi connectivity index (χ0) is 10.7. The van der Waals surface area contributed by atoms with Gasteiger partial charge in [-0.3, -0.25) is 4.90 Å². The van der Waals surface area contributed by atoms with Gasteiger partial charge in [0, 0.05) is 32.9 Å². The van der Waals surface area contributed by atoms with Gasteiger partial charge in [-0.15, -0.1) is 0 Å². The molecule has 1 aromatic rings. The van der Waals surface area contributed by atoms with Crippen molar-refractivity contribution < 1.29 is 5.11 Å². The Labute approximate surface area is 90.5 Å². The SMILES string of the molecule is Cn1cncc1CN1CCC(CCO)C1. The summed E-state index contributed by atoms with van der Waals surface area (Å²) in [5.74, 6) is 0.684. The molecule has 0 saturated carbocycles. The second-order valence-electron chi connectivity index (χ2n) is 4.40. The maximum absolute atomic E-state index is 8.88. The maximum Gasteiger partial charge on any atom is 0.0945 e. The van der Waals surface area contributed by atoms with Crippen LogP contribution in [-0.4, -0.2) is 39.3 Å². The average molecular weight is 209 g/mol. The molecular formula is C11H19N3O. The molecule has 0 aromatic carbocycles. The van der Waals surface area contributed by atoms with E-state index in [4.69, 9.17) is 5.11 Å². The number of hydrogen-bond donors (Lipinski definition) is 1. The number of aliphatic hydroxyl groups excluding tert-OH is 1. The Morgan fingerprint density at radius 2 is 2.47 bits per heavy atom. The molecule has 1 aromatic heterocycles. The third-order valence-electron chi connectivity index (χ3n) is 3.21. The Morgan fingerprint density at radius 1 is 1.60 bits per heavy atom. The van der Waals surface area contributed by atoms with Crippen molar-refractivity contribution in [2.24, 2.45) is 13.0 Å². The Hall–Kier alpha value is -0.870. The van der Waals surface area contributed by atoms with Crippen molar-refractivity contribution in [2.75, 3.05) is 19.7 Å². The van der Waals surface area contributed by atoms with Crippen molar-refractivity contribution in [3.8, 4) is 0 Å². The van der Waals surface area contributed by atoms with Crippen LogP contribution in [0.15, 0.2) is 12.5 Å². The molecule has 15 heavy (non-hydrogen) atoms. The first-order valence-corrected chi connectivity index (χ1v) is 5.58. The Morgan fingerprint density at radius 3 is 3.13 bits per heavy atom. The van der Waals surface area contributed by atoms with Crippen molar-refractivity contribution in [1.82, 2.24) is 14.5 Å². The van der Waals surface area contributed by atoms with E-state index in [1.54, 1.807) is 0 Å². The summed E-state index contributed by atoms with van der Waals surface area (Å²) in [6.45, 7) is 3.57. The zero-order valence-corrected chi connectivity index (χ0v) is 9.26. The highest BCUT2D eigenvalue weighted by Gasteiger charge is 2.22. The van der Waals surface area contributed by atoms with Crippen LogP contribution in [0.1, 0.15) is 18.5 Å². The number of aryl methyl sites for hydroxylation is 1. The smallest absolute Gasteiger partial charge is 0.0945 e. The van der Waals surface area contributed by atoms with Crippen molar-refractivity contribution in [3.05, 3.63) is 18.2 Å². The van der Waals surface area contributed by atoms with Crippen molar-refractivity contribution >= 4 is 0 Å². The summed E-state index contributed by atoms with van der Waals surface area (Å²) in [6, 6.07) is 0. The molecule has 2 heterocycles. The van der Waals surface area contributed by atoms with Crippen LogP contribution in [0, 0.1) is 5.92 Å². The van der Waals surface area contributed by atoms with Crippen LogP contribution in [0.25, 0.3) is 0 Å². The fourth-order valence-electron chi connectivity index (χ4n) is 2.24. The summed E-state index contributed by atoms with van der Waals surface area (Å²) in [6.07, 6.45) is 5.94. The van der Waals surface area contributed by atoms with E-state index in [1.807, 2.05) is 19.6 Å². The van der Waals surface area contributed by atoms with E-state index in [2.05, 4.69) is 14.5 Å². The van der Waals surface area contributed by atoms with Gasteiger partial charge >= 0.3 is 0 Å². The number of rotatable bonds is 4. The van der Waals surface area contributed by atoms with Gasteiger partial charge < -0.3 is 9.67 Å². The molecule has 1 fully saturated rings. The van der Waals surface area contributed by atoms with E-state index in [9.17, 15) is 0 Å². The lowest BCUT2D eigenvalue weighted by Gasteiger charge is -2.15. The van der Waals surface area contributed by atoms with E-state index in [1.165, 1.54) is 12.1 Å². The highest BCUT2D eigenvalue weighted by atomic mass is 16.3. The van der Waals surface area contributed by atoms with Crippen LogP contribution in [0.2, 0.25) is 0 Å². The van der Waals surface area contributed by atoms with Gasteiger partial charge in [0.15, 0.2) is 0 Å². The minimum Gasteiger partial charge on any atom is -0.396 e. The first-order valence-electron chi connectivity index (χ1n) is 5.58. The molecule has 4 nitrogen and oxygen atoms in total. The van der Waals surface area contributed by atoms with E-state index in [0.717, 1.165) is 26.1 Å². The second-order valence-corrected chi connectivity index (χ2v) is 4.40. The maximum atomic E-state index is 8.88. The van der Waals surface area contributed by atoms with Crippen molar-refractivity contribution in [3.63, 3.8) is 0 Å². The van der Waals surface area contributed by atoms with Crippen LogP contribution in [0.4, 0.5) is 0 Å². The number of aromatic nitrogens is 2. The third kappa shape index (κ3) is 2.58. The number of likely N-dealkylation sites (tertiary alicyclic amines) is 1. The predicted molar refractivity (Wildman–Crippen MR) is 58.3 cm³/mol. The second kappa shape index (κ2) is 4.77. The Kier molecular flexibility index (Phi) is 3.38. The van der Waals surface area contributed by atoms with E-state index < -0.39 is 0 Å². The molecule has 1 unspecified atom stereocenters. The summed E-state index contributed by atoms with van der Waals surface area (Å²) in [5.41, 5.74) is 1.26. The van der Waals surface area contributed by atoms with Crippen LogP contribution in [0.3, 0.4) is 0 Å². The highest BCUT2D eigenvalue weighted by molar-refractivity contribution is 4.98. The fourth-order valence-corrected chi connectivity index (χ4v) is 2.24. The number of nitrogens with zero attached hydrogens (tertiary/aromatic N) is 3. The molecule has 1 N–H and O–H groups in total. The van der Waals surface area contributed by atoms with E-state index in [0.29, 0.717) is 12.5 Å². The van der Waals surface area contributed by atoms with Gasteiger partial charge in [0.1, 0.15) is 0 Å². The first-order chi connectivity index (χ1) is 7.29. The minimum atomic E-state index is 0.324. The van der Waals surface area contributed by atoms with Gasteiger partial charge in [0.25, 0.3) is 0 Å². The molecule has 4 heteroatoms. The fraction of sp³-hybridized carbons (Fsp3) is 0.727. The summed E-state index contributed by atoms with van der Waals surface area (Å²) >= 11 is 0. The highest BCUT2D eigenvalue weighted by Crippen LogP contribution is 2.20. The Balaban J connectivity index is 1.85. The van der Waals surface area contributed by atoms with Crippen molar-refractivity contribution in [1.29, 1.82) is 0 Å². The topological polar surface area (TPSA) is 41.3 Å². The van der Waals surface area contributed by atoms with Crippen LogP contribution < -0.4 is 0 Å². The lowest BCUT2D eigenvalue weighted by molar-refractivity contribution is 0.248. The molecule has 0 aliphatic carbocycles.